The summed E-state index contributed by atoms with van der Waals surface area (Å²) in [6.07, 6.45) is 0. The number of hydrogen-bond donors (Lipinski definition) is 1. The molecule has 0 aliphatic carbocycles. The zero-order valence-corrected chi connectivity index (χ0v) is 9.47. The van der Waals surface area contributed by atoms with Crippen LogP contribution in [0.25, 0.3) is 0 Å². The van der Waals surface area contributed by atoms with Gasteiger partial charge in [-0.3, -0.25) is 4.79 Å². The molecule has 82 valence electrons. The molecule has 0 fully saturated rings. The lowest BCUT2D eigenvalue weighted by molar-refractivity contribution is 0.0997. The Morgan fingerprint density at radius 3 is 2.47 bits per heavy atom. The molecule has 0 spiro atoms. The first-order chi connectivity index (χ1) is 6.88. The maximum absolute atomic E-state index is 11.6. The molecule has 0 atom stereocenters. The van der Waals surface area contributed by atoms with Crippen LogP contribution in [0.5, 0.6) is 0 Å². The van der Waals surface area contributed by atoms with Gasteiger partial charge in [0, 0.05) is 0 Å². The molecule has 0 aromatic heterocycles. The van der Waals surface area contributed by atoms with Crippen molar-refractivity contribution in [3.63, 3.8) is 0 Å². The molecule has 5 heteroatoms. The van der Waals surface area contributed by atoms with Crippen LogP contribution in [0.1, 0.15) is 22.8 Å². The number of rotatable bonds is 3. The molecule has 4 nitrogen and oxygen atoms in total. The molecule has 0 bridgehead atoms. The van der Waals surface area contributed by atoms with E-state index < -0.39 is 15.7 Å². The predicted octanol–water partition coefficient (Wildman–Crippen LogP) is 0.888. The van der Waals surface area contributed by atoms with Crippen LogP contribution in [-0.2, 0) is 9.84 Å². The van der Waals surface area contributed by atoms with E-state index in [-0.39, 0.29) is 16.2 Å². The Labute approximate surface area is 89.0 Å². The monoisotopic (exact) mass is 227 g/mol. The van der Waals surface area contributed by atoms with Crippen LogP contribution >= 0.6 is 0 Å². The second-order valence-corrected chi connectivity index (χ2v) is 5.51. The number of primary amides is 1. The Kier molecular flexibility index (Phi) is 3.14. The molecule has 15 heavy (non-hydrogen) atoms. The van der Waals surface area contributed by atoms with Crippen LogP contribution in [0.4, 0.5) is 0 Å². The summed E-state index contributed by atoms with van der Waals surface area (Å²) in [7, 11) is -3.39. The number of aryl methyl sites for hydroxylation is 1. The number of sulfone groups is 1. The fourth-order valence-corrected chi connectivity index (χ4v) is 2.34. The molecule has 0 aliphatic heterocycles. The molecule has 2 N–H and O–H groups in total. The molecule has 1 rings (SSSR count). The van der Waals surface area contributed by atoms with Crippen LogP contribution in [0.2, 0.25) is 0 Å². The maximum atomic E-state index is 11.6. The second-order valence-electron chi connectivity index (χ2n) is 3.27. The molecule has 0 saturated carbocycles. The number of amides is 1. The third-order valence-electron chi connectivity index (χ3n) is 2.12. The van der Waals surface area contributed by atoms with Crippen LogP contribution in [-0.4, -0.2) is 20.1 Å². The van der Waals surface area contributed by atoms with E-state index in [4.69, 9.17) is 5.73 Å². The second kappa shape index (κ2) is 4.02. The minimum absolute atomic E-state index is 0.0168. The SMILES string of the molecule is CCS(=O)(=O)c1ccc(C)cc1C(N)=O. The molecule has 1 amide bonds. The normalized spacial score (nSPS) is 11.3. The number of carbonyl (C=O) groups is 1. The molecule has 0 radical (unpaired) electrons. The van der Waals surface area contributed by atoms with Gasteiger partial charge in [0.25, 0.3) is 0 Å². The lowest BCUT2D eigenvalue weighted by atomic mass is 10.1. The number of hydrogen-bond acceptors (Lipinski definition) is 3. The summed E-state index contributed by atoms with van der Waals surface area (Å²) in [5, 5.41) is 0. The van der Waals surface area contributed by atoms with Gasteiger partial charge in [-0.25, -0.2) is 8.42 Å². The van der Waals surface area contributed by atoms with Crippen LogP contribution in [0, 0.1) is 6.92 Å². The van der Waals surface area contributed by atoms with Gasteiger partial charge in [0.15, 0.2) is 9.84 Å². The maximum Gasteiger partial charge on any atom is 0.250 e. The minimum atomic E-state index is -3.39. The van der Waals surface area contributed by atoms with Crippen molar-refractivity contribution < 1.29 is 13.2 Å². The first kappa shape index (κ1) is 11.7. The van der Waals surface area contributed by atoms with Crippen molar-refractivity contribution in [2.45, 2.75) is 18.7 Å². The van der Waals surface area contributed by atoms with Gasteiger partial charge in [0.05, 0.1) is 16.2 Å². The number of benzene rings is 1. The van der Waals surface area contributed by atoms with Gasteiger partial charge in [-0.1, -0.05) is 18.6 Å². The molecule has 0 aliphatic rings. The highest BCUT2D eigenvalue weighted by molar-refractivity contribution is 7.91. The largest absolute Gasteiger partial charge is 0.366 e. The lowest BCUT2D eigenvalue weighted by Crippen LogP contribution is -2.17. The molecular formula is C10H13NO3S. The number of carbonyl (C=O) groups excluding carboxylic acids is 1. The van der Waals surface area contributed by atoms with E-state index in [0.717, 1.165) is 5.56 Å². The Balaban J connectivity index is 3.49. The molecule has 0 unspecified atom stereocenters. The van der Waals surface area contributed by atoms with E-state index in [2.05, 4.69) is 0 Å². The highest BCUT2D eigenvalue weighted by Crippen LogP contribution is 2.18. The van der Waals surface area contributed by atoms with E-state index >= 15 is 0 Å². The molecule has 0 heterocycles. The summed E-state index contributed by atoms with van der Waals surface area (Å²) < 4.78 is 23.3. The molecule has 1 aromatic carbocycles. The van der Waals surface area contributed by atoms with E-state index in [1.807, 2.05) is 0 Å². The quantitative estimate of drug-likeness (QED) is 0.833. The van der Waals surface area contributed by atoms with Crippen molar-refractivity contribution in [1.29, 1.82) is 0 Å². The van der Waals surface area contributed by atoms with Gasteiger partial charge in [0.1, 0.15) is 0 Å². The highest BCUT2D eigenvalue weighted by Gasteiger charge is 2.19. The first-order valence-electron chi connectivity index (χ1n) is 4.51. The smallest absolute Gasteiger partial charge is 0.250 e. The van der Waals surface area contributed by atoms with Gasteiger partial charge >= 0.3 is 0 Å². The minimum Gasteiger partial charge on any atom is -0.366 e. The van der Waals surface area contributed by atoms with Crippen molar-refractivity contribution in [1.82, 2.24) is 0 Å². The Bertz CT molecular complexity index is 491. The van der Waals surface area contributed by atoms with Crippen molar-refractivity contribution in [2.24, 2.45) is 5.73 Å². The van der Waals surface area contributed by atoms with Gasteiger partial charge in [0.2, 0.25) is 5.91 Å². The van der Waals surface area contributed by atoms with E-state index in [1.165, 1.54) is 19.1 Å². The zero-order chi connectivity index (χ0) is 11.6. The Morgan fingerprint density at radius 1 is 1.40 bits per heavy atom. The van der Waals surface area contributed by atoms with Crippen molar-refractivity contribution in [3.05, 3.63) is 29.3 Å². The first-order valence-corrected chi connectivity index (χ1v) is 6.17. The predicted molar refractivity (Wildman–Crippen MR) is 57.4 cm³/mol. The van der Waals surface area contributed by atoms with Crippen LogP contribution in [0.3, 0.4) is 0 Å². The lowest BCUT2D eigenvalue weighted by Gasteiger charge is -2.07. The standard InChI is InChI=1S/C10H13NO3S/c1-3-15(13,14)9-5-4-7(2)6-8(9)10(11)12/h4-6H,3H2,1-2H3,(H2,11,12). The summed E-state index contributed by atoms with van der Waals surface area (Å²) >= 11 is 0. The zero-order valence-electron chi connectivity index (χ0n) is 8.65. The topological polar surface area (TPSA) is 77.2 Å². The fourth-order valence-electron chi connectivity index (χ4n) is 1.26. The van der Waals surface area contributed by atoms with E-state index in [0.29, 0.717) is 0 Å². The van der Waals surface area contributed by atoms with Gasteiger partial charge in [-0.2, -0.15) is 0 Å². The van der Waals surface area contributed by atoms with Crippen LogP contribution < -0.4 is 5.73 Å². The Hall–Kier alpha value is -1.36. The summed E-state index contributed by atoms with van der Waals surface area (Å²) in [5.74, 6) is -0.762. The van der Waals surface area contributed by atoms with Crippen molar-refractivity contribution in [3.8, 4) is 0 Å². The summed E-state index contributed by atoms with van der Waals surface area (Å²) in [5.41, 5.74) is 6.00. The third kappa shape index (κ3) is 2.36. The van der Waals surface area contributed by atoms with Gasteiger partial charge in [-0.15, -0.1) is 0 Å². The van der Waals surface area contributed by atoms with E-state index in [9.17, 15) is 13.2 Å². The number of nitrogens with two attached hydrogens (primary N) is 1. The Morgan fingerprint density at radius 2 is 2.00 bits per heavy atom. The summed E-state index contributed by atoms with van der Waals surface area (Å²) in [4.78, 5) is 11.1. The van der Waals surface area contributed by atoms with E-state index in [1.54, 1.807) is 13.0 Å². The molecule has 1 aromatic rings. The van der Waals surface area contributed by atoms with Crippen LogP contribution in [0.15, 0.2) is 23.1 Å². The average molecular weight is 227 g/mol. The highest BCUT2D eigenvalue weighted by atomic mass is 32.2. The van der Waals surface area contributed by atoms with Crippen molar-refractivity contribution in [2.75, 3.05) is 5.75 Å². The van der Waals surface area contributed by atoms with Crippen molar-refractivity contribution >= 4 is 15.7 Å². The van der Waals surface area contributed by atoms with Gasteiger partial charge in [-0.05, 0) is 19.1 Å². The van der Waals surface area contributed by atoms with Gasteiger partial charge < -0.3 is 5.73 Å². The summed E-state index contributed by atoms with van der Waals surface area (Å²) in [6, 6.07) is 4.56. The fraction of sp³-hybridized carbons (Fsp3) is 0.300. The molecular weight excluding hydrogens is 214 g/mol. The average Bonchev–Trinajstić information content (AvgIpc) is 2.17. The third-order valence-corrected chi connectivity index (χ3v) is 3.90. The molecule has 0 saturated heterocycles. The summed E-state index contributed by atoms with van der Waals surface area (Å²) in [6.45, 7) is 3.30.